The number of hydrogen-bond acceptors (Lipinski definition) is 3. The largest absolute Gasteiger partial charge is 1.00 e. The molecule has 0 aliphatic heterocycles. The van der Waals surface area contributed by atoms with Gasteiger partial charge in [0, 0.05) is 0 Å². The minimum atomic E-state index is -4.33. The average Bonchev–Trinajstić information content (AvgIpc) is 3.18. The second-order valence-electron chi connectivity index (χ2n) is 17.7. The fourth-order valence-corrected chi connectivity index (χ4v) is 8.94. The Balaban J connectivity index is 0.0000302. The molecule has 0 saturated carbocycles. The molecule has 0 saturated heterocycles. The molecule has 0 spiro atoms. The zero-order valence-corrected chi connectivity index (χ0v) is 42.0. The Labute approximate surface area is 394 Å². The van der Waals surface area contributed by atoms with Gasteiger partial charge in [-0.15, -0.1) is 0 Å². The third-order valence-corrected chi connectivity index (χ3v) is 13.1. The number of benzene rings is 1. The van der Waals surface area contributed by atoms with E-state index in [-0.39, 0.29) is 56.3 Å². The molecule has 0 atom stereocenters. The molecule has 0 N–H and O–H groups in total. The molecule has 324 valence electrons. The molecule has 0 amide bonds. The van der Waals surface area contributed by atoms with Crippen molar-refractivity contribution in [1.29, 1.82) is 0 Å². The van der Waals surface area contributed by atoms with Crippen LogP contribution in [0.25, 0.3) is 0 Å². The van der Waals surface area contributed by atoms with Gasteiger partial charge in [-0.1, -0.05) is 289 Å². The Morgan fingerprint density at radius 1 is 0.321 bits per heavy atom. The third kappa shape index (κ3) is 41.5. The molecule has 5 heteroatoms. The first kappa shape index (κ1) is 56.8. The zero-order chi connectivity index (χ0) is 39.6. The van der Waals surface area contributed by atoms with Gasteiger partial charge < -0.3 is 4.55 Å². The van der Waals surface area contributed by atoms with E-state index in [1.54, 1.807) is 12.1 Å². The molecule has 0 bridgehead atoms. The van der Waals surface area contributed by atoms with E-state index in [1.165, 1.54) is 282 Å². The van der Waals surface area contributed by atoms with Crippen LogP contribution in [0.2, 0.25) is 0 Å². The molecule has 0 aliphatic carbocycles. The number of hydrogen-bond donors (Lipinski definition) is 0. The van der Waals surface area contributed by atoms with Crippen molar-refractivity contribution >= 4 is 10.1 Å². The van der Waals surface area contributed by atoms with E-state index in [1.807, 2.05) is 0 Å². The van der Waals surface area contributed by atoms with E-state index in [0.29, 0.717) is 0 Å². The van der Waals surface area contributed by atoms with Gasteiger partial charge in [0.15, 0.2) is 0 Å². The molecule has 1 aromatic rings. The predicted molar refractivity (Wildman–Crippen MR) is 242 cm³/mol. The van der Waals surface area contributed by atoms with Crippen LogP contribution in [0.5, 0.6) is 0 Å². The van der Waals surface area contributed by atoms with Gasteiger partial charge >= 0.3 is 51.4 Å². The maximum absolute atomic E-state index is 11.0. The minimum absolute atomic E-state index is 0. The van der Waals surface area contributed by atoms with Crippen molar-refractivity contribution in [2.45, 2.75) is 294 Å². The number of aryl methyl sites for hydroxylation is 1. The van der Waals surface area contributed by atoms with Crippen LogP contribution in [-0.4, -0.2) is 13.0 Å². The van der Waals surface area contributed by atoms with Crippen molar-refractivity contribution in [3.05, 3.63) is 29.8 Å². The van der Waals surface area contributed by atoms with Crippen molar-refractivity contribution in [1.82, 2.24) is 0 Å². The first-order valence-corrected chi connectivity index (χ1v) is 26.5. The van der Waals surface area contributed by atoms with E-state index in [4.69, 9.17) is 0 Å². The van der Waals surface area contributed by atoms with Crippen LogP contribution in [0, 0.1) is 0 Å². The van der Waals surface area contributed by atoms with Crippen molar-refractivity contribution in [3.63, 3.8) is 0 Å². The van der Waals surface area contributed by atoms with E-state index in [2.05, 4.69) is 6.92 Å². The Morgan fingerprint density at radius 3 is 0.679 bits per heavy atom. The molecule has 1 rings (SSSR count). The Morgan fingerprint density at radius 2 is 0.500 bits per heavy atom. The first-order chi connectivity index (χ1) is 27.0. The van der Waals surface area contributed by atoms with Crippen LogP contribution in [0.15, 0.2) is 29.2 Å². The van der Waals surface area contributed by atoms with Gasteiger partial charge in [-0.3, -0.25) is 0 Å². The van der Waals surface area contributed by atoms with Gasteiger partial charge in [-0.05, 0) is 30.5 Å². The van der Waals surface area contributed by atoms with Gasteiger partial charge in [-0.2, -0.15) is 0 Å². The van der Waals surface area contributed by atoms with Gasteiger partial charge in [-0.25, -0.2) is 8.42 Å². The standard InChI is InChI=1S/C51H96O3S.K/c1-2-3-4-5-6-7-8-9-10-11-12-13-14-15-16-17-18-19-20-21-22-23-24-25-26-27-28-29-30-31-32-33-34-35-36-37-38-39-40-41-42-43-44-45-50-46-48-51(49-47-50)55(52,53)54;/h46-49H,2-45H2,1H3,(H,52,53,54);/q;+1/p-1. The third-order valence-electron chi connectivity index (χ3n) is 12.3. The predicted octanol–water partition coefficient (Wildman–Crippen LogP) is 14.9. The zero-order valence-electron chi connectivity index (χ0n) is 38.1. The summed E-state index contributed by atoms with van der Waals surface area (Å²) in [5.41, 5.74) is 1.12. The maximum Gasteiger partial charge on any atom is 1.00 e. The molecule has 0 radical (unpaired) electrons. The second kappa shape index (κ2) is 45.3. The molecule has 0 unspecified atom stereocenters. The molecule has 0 heterocycles. The van der Waals surface area contributed by atoms with Crippen molar-refractivity contribution in [2.24, 2.45) is 0 Å². The fourth-order valence-electron chi connectivity index (χ4n) is 8.47. The minimum Gasteiger partial charge on any atom is -0.744 e. The van der Waals surface area contributed by atoms with Crippen molar-refractivity contribution in [3.8, 4) is 0 Å². The van der Waals surface area contributed by atoms with Gasteiger partial charge in [0.1, 0.15) is 10.1 Å². The summed E-state index contributed by atoms with van der Waals surface area (Å²) >= 11 is 0. The number of rotatable bonds is 45. The normalized spacial score (nSPS) is 11.7. The maximum atomic E-state index is 11.0. The van der Waals surface area contributed by atoms with Gasteiger partial charge in [0.05, 0.1) is 4.90 Å². The average molecular weight is 827 g/mol. The Kier molecular flexibility index (Phi) is 45.9. The van der Waals surface area contributed by atoms with Crippen LogP contribution in [-0.2, 0) is 16.5 Å². The summed E-state index contributed by atoms with van der Waals surface area (Å²) in [5, 5.41) is 0. The summed E-state index contributed by atoms with van der Waals surface area (Å²) in [4.78, 5) is -0.131. The Hall–Kier alpha value is 0.766. The summed E-state index contributed by atoms with van der Waals surface area (Å²) in [6, 6.07) is 6.42. The quantitative estimate of drug-likeness (QED) is 0.0374. The monoisotopic (exact) mass is 827 g/mol. The summed E-state index contributed by atoms with van der Waals surface area (Å²) < 4.78 is 33.1. The van der Waals surface area contributed by atoms with Crippen LogP contribution < -0.4 is 51.4 Å². The molecule has 3 nitrogen and oxygen atoms in total. The topological polar surface area (TPSA) is 57.2 Å². The first-order valence-electron chi connectivity index (χ1n) is 25.1. The van der Waals surface area contributed by atoms with Crippen LogP contribution in [0.1, 0.15) is 289 Å². The summed E-state index contributed by atoms with van der Waals surface area (Å²) in [5.74, 6) is 0. The van der Waals surface area contributed by atoms with E-state index in [9.17, 15) is 13.0 Å². The summed E-state index contributed by atoms with van der Waals surface area (Å²) in [6.07, 6.45) is 62.8. The van der Waals surface area contributed by atoms with E-state index < -0.39 is 10.1 Å². The Bertz CT molecular complexity index is 995. The molecule has 0 fully saturated rings. The molecule has 0 aromatic heterocycles. The SMILES string of the molecule is CCCCCCCCCCCCCCCCCCCCCCCCCCCCCCCCCCCCCCCCCCCCCc1ccc(S(=O)(=O)[O-])cc1.[K+]. The van der Waals surface area contributed by atoms with E-state index >= 15 is 0 Å². The number of unbranched alkanes of at least 4 members (excludes halogenated alkanes) is 42. The van der Waals surface area contributed by atoms with Gasteiger partial charge in [0.25, 0.3) is 0 Å². The molecular formula is C51H95KO3S. The van der Waals surface area contributed by atoms with Crippen LogP contribution in [0.4, 0.5) is 0 Å². The molecule has 56 heavy (non-hydrogen) atoms. The summed E-state index contributed by atoms with van der Waals surface area (Å²) in [7, 11) is -4.33. The molecule has 1 aromatic carbocycles. The smallest absolute Gasteiger partial charge is 0.744 e. The van der Waals surface area contributed by atoms with Crippen LogP contribution >= 0.6 is 0 Å². The molecule has 0 aliphatic rings. The molecular weight excluding hydrogens is 732 g/mol. The van der Waals surface area contributed by atoms with Crippen molar-refractivity contribution < 1.29 is 64.4 Å². The summed E-state index contributed by atoms with van der Waals surface area (Å²) in [6.45, 7) is 2.31. The van der Waals surface area contributed by atoms with E-state index in [0.717, 1.165) is 18.4 Å². The van der Waals surface area contributed by atoms with Crippen molar-refractivity contribution in [2.75, 3.05) is 0 Å². The van der Waals surface area contributed by atoms with Crippen LogP contribution in [0.3, 0.4) is 0 Å². The fraction of sp³-hybridized carbons (Fsp3) is 0.882. The van der Waals surface area contributed by atoms with Gasteiger partial charge in [0.2, 0.25) is 0 Å². The second-order valence-corrected chi connectivity index (χ2v) is 19.1.